The summed E-state index contributed by atoms with van der Waals surface area (Å²) in [6, 6.07) is 4.69. The standard InChI is InChI=1S/C14H21ClN2/c1-9(2)12-7-11(8-13(15)14(12)16)17-10-5-3-4-6-10/h7-10,17H,3-6,16H2,1-2H3. The minimum atomic E-state index is 0.401. The molecule has 3 N–H and O–H groups in total. The van der Waals surface area contributed by atoms with E-state index in [1.807, 2.05) is 6.07 Å². The van der Waals surface area contributed by atoms with Crippen LogP contribution in [0.1, 0.15) is 51.0 Å². The molecule has 94 valence electrons. The normalized spacial score (nSPS) is 16.7. The fourth-order valence-corrected chi connectivity index (χ4v) is 2.73. The highest BCUT2D eigenvalue weighted by Gasteiger charge is 2.16. The molecular formula is C14H21ClN2. The van der Waals surface area contributed by atoms with E-state index in [4.69, 9.17) is 17.3 Å². The van der Waals surface area contributed by atoms with Crippen LogP contribution in [0, 0.1) is 0 Å². The maximum Gasteiger partial charge on any atom is 0.0658 e. The number of benzene rings is 1. The minimum absolute atomic E-state index is 0.401. The second kappa shape index (κ2) is 5.18. The molecule has 1 aliphatic carbocycles. The van der Waals surface area contributed by atoms with E-state index in [0.29, 0.717) is 17.0 Å². The van der Waals surface area contributed by atoms with Crippen molar-refractivity contribution in [2.45, 2.75) is 51.5 Å². The second-order valence-electron chi connectivity index (χ2n) is 5.24. The molecule has 2 rings (SSSR count). The summed E-state index contributed by atoms with van der Waals surface area (Å²) in [4.78, 5) is 0. The number of rotatable bonds is 3. The van der Waals surface area contributed by atoms with Gasteiger partial charge in [-0.3, -0.25) is 0 Å². The summed E-state index contributed by atoms with van der Waals surface area (Å²) in [6.07, 6.45) is 5.19. The van der Waals surface area contributed by atoms with Gasteiger partial charge in [0.05, 0.1) is 10.7 Å². The predicted octanol–water partition coefficient (Wildman–Crippen LogP) is 4.40. The van der Waals surface area contributed by atoms with Crippen LogP contribution in [0.4, 0.5) is 11.4 Å². The Bertz CT molecular complexity index is 395. The van der Waals surface area contributed by atoms with Crippen molar-refractivity contribution in [1.29, 1.82) is 0 Å². The Morgan fingerprint density at radius 2 is 1.94 bits per heavy atom. The van der Waals surface area contributed by atoms with Gasteiger partial charge >= 0.3 is 0 Å². The Hall–Kier alpha value is -0.890. The SMILES string of the molecule is CC(C)c1cc(NC2CCCC2)cc(Cl)c1N. The zero-order valence-electron chi connectivity index (χ0n) is 10.6. The molecule has 0 saturated heterocycles. The molecule has 0 radical (unpaired) electrons. The molecule has 1 fully saturated rings. The monoisotopic (exact) mass is 252 g/mol. The van der Waals surface area contributed by atoms with E-state index in [1.165, 1.54) is 25.7 Å². The summed E-state index contributed by atoms with van der Waals surface area (Å²) in [5, 5.41) is 4.23. The molecule has 0 heterocycles. The smallest absolute Gasteiger partial charge is 0.0658 e. The molecule has 17 heavy (non-hydrogen) atoms. The molecule has 1 saturated carbocycles. The number of hydrogen-bond donors (Lipinski definition) is 2. The van der Waals surface area contributed by atoms with Crippen molar-refractivity contribution in [3.8, 4) is 0 Å². The number of hydrogen-bond acceptors (Lipinski definition) is 2. The van der Waals surface area contributed by atoms with Crippen LogP contribution in [0.3, 0.4) is 0 Å². The average Bonchev–Trinajstić information content (AvgIpc) is 2.75. The van der Waals surface area contributed by atoms with Gasteiger partial charge in [-0.2, -0.15) is 0 Å². The van der Waals surface area contributed by atoms with E-state index in [1.54, 1.807) is 0 Å². The third-order valence-corrected chi connectivity index (χ3v) is 3.82. The largest absolute Gasteiger partial charge is 0.397 e. The van der Waals surface area contributed by atoms with Gasteiger partial charge in [0.1, 0.15) is 0 Å². The van der Waals surface area contributed by atoms with Crippen LogP contribution in [-0.2, 0) is 0 Å². The maximum absolute atomic E-state index is 6.18. The Morgan fingerprint density at radius 3 is 2.53 bits per heavy atom. The van der Waals surface area contributed by atoms with E-state index in [-0.39, 0.29) is 0 Å². The first-order chi connectivity index (χ1) is 8.08. The fraction of sp³-hybridized carbons (Fsp3) is 0.571. The zero-order chi connectivity index (χ0) is 12.4. The number of anilines is 2. The Balaban J connectivity index is 2.22. The lowest BCUT2D eigenvalue weighted by Gasteiger charge is -2.18. The third kappa shape index (κ3) is 2.86. The molecule has 0 unspecified atom stereocenters. The number of nitrogens with two attached hydrogens (primary N) is 1. The third-order valence-electron chi connectivity index (χ3n) is 3.51. The average molecular weight is 253 g/mol. The van der Waals surface area contributed by atoms with Crippen molar-refractivity contribution in [2.24, 2.45) is 0 Å². The highest BCUT2D eigenvalue weighted by atomic mass is 35.5. The lowest BCUT2D eigenvalue weighted by atomic mass is 10.0. The quantitative estimate of drug-likeness (QED) is 0.783. The molecule has 0 aromatic heterocycles. The molecule has 3 heteroatoms. The number of nitrogen functional groups attached to an aromatic ring is 1. The van der Waals surface area contributed by atoms with E-state index < -0.39 is 0 Å². The first-order valence-electron chi connectivity index (χ1n) is 6.43. The predicted molar refractivity (Wildman–Crippen MR) is 75.8 cm³/mol. The number of halogens is 1. The van der Waals surface area contributed by atoms with Gasteiger partial charge in [0, 0.05) is 11.7 Å². The van der Waals surface area contributed by atoms with Crippen LogP contribution in [0.15, 0.2) is 12.1 Å². The molecule has 1 aromatic rings. The van der Waals surface area contributed by atoms with Crippen molar-refractivity contribution in [3.05, 3.63) is 22.7 Å². The van der Waals surface area contributed by atoms with Crippen molar-refractivity contribution >= 4 is 23.0 Å². The van der Waals surface area contributed by atoms with E-state index >= 15 is 0 Å². The van der Waals surface area contributed by atoms with Crippen LogP contribution >= 0.6 is 11.6 Å². The van der Waals surface area contributed by atoms with Crippen LogP contribution in [0.5, 0.6) is 0 Å². The Morgan fingerprint density at radius 1 is 1.29 bits per heavy atom. The maximum atomic E-state index is 6.18. The van der Waals surface area contributed by atoms with Gasteiger partial charge in [-0.05, 0) is 36.5 Å². The van der Waals surface area contributed by atoms with Crippen molar-refractivity contribution < 1.29 is 0 Å². The molecule has 2 nitrogen and oxygen atoms in total. The Labute approximate surface area is 109 Å². The van der Waals surface area contributed by atoms with E-state index in [0.717, 1.165) is 16.9 Å². The highest BCUT2D eigenvalue weighted by Crippen LogP contribution is 2.33. The van der Waals surface area contributed by atoms with Crippen molar-refractivity contribution in [2.75, 3.05) is 11.1 Å². The van der Waals surface area contributed by atoms with Crippen molar-refractivity contribution in [3.63, 3.8) is 0 Å². The van der Waals surface area contributed by atoms with Gasteiger partial charge in [-0.25, -0.2) is 0 Å². The zero-order valence-corrected chi connectivity index (χ0v) is 11.3. The molecule has 1 aliphatic rings. The van der Waals surface area contributed by atoms with Gasteiger partial charge in [-0.1, -0.05) is 38.3 Å². The molecular weight excluding hydrogens is 232 g/mol. The highest BCUT2D eigenvalue weighted by molar-refractivity contribution is 6.33. The van der Waals surface area contributed by atoms with Crippen molar-refractivity contribution in [1.82, 2.24) is 0 Å². The summed E-state index contributed by atoms with van der Waals surface area (Å²) in [7, 11) is 0. The molecule has 1 aromatic carbocycles. The van der Waals surface area contributed by atoms with Crippen LogP contribution in [0.2, 0.25) is 5.02 Å². The summed E-state index contributed by atoms with van der Waals surface area (Å²) < 4.78 is 0. The van der Waals surface area contributed by atoms with E-state index in [2.05, 4.69) is 25.2 Å². The molecule has 0 bridgehead atoms. The summed E-state index contributed by atoms with van der Waals surface area (Å²) in [5.41, 5.74) is 8.97. The Kier molecular flexibility index (Phi) is 3.82. The summed E-state index contributed by atoms with van der Waals surface area (Å²) >= 11 is 6.18. The topological polar surface area (TPSA) is 38.0 Å². The first-order valence-corrected chi connectivity index (χ1v) is 6.81. The fourth-order valence-electron chi connectivity index (χ4n) is 2.51. The molecule has 0 amide bonds. The minimum Gasteiger partial charge on any atom is -0.397 e. The summed E-state index contributed by atoms with van der Waals surface area (Å²) in [6.45, 7) is 4.28. The van der Waals surface area contributed by atoms with Crippen LogP contribution in [-0.4, -0.2) is 6.04 Å². The summed E-state index contributed by atoms with van der Waals surface area (Å²) in [5.74, 6) is 0.401. The van der Waals surface area contributed by atoms with Gasteiger partial charge in [0.25, 0.3) is 0 Å². The van der Waals surface area contributed by atoms with Gasteiger partial charge < -0.3 is 11.1 Å². The second-order valence-corrected chi connectivity index (χ2v) is 5.65. The molecule has 0 atom stereocenters. The number of nitrogens with one attached hydrogen (secondary N) is 1. The van der Waals surface area contributed by atoms with Crippen LogP contribution < -0.4 is 11.1 Å². The van der Waals surface area contributed by atoms with Gasteiger partial charge in [-0.15, -0.1) is 0 Å². The first kappa shape index (κ1) is 12.6. The molecule has 0 spiro atoms. The van der Waals surface area contributed by atoms with Gasteiger partial charge in [0.15, 0.2) is 0 Å². The van der Waals surface area contributed by atoms with E-state index in [9.17, 15) is 0 Å². The van der Waals surface area contributed by atoms with Gasteiger partial charge in [0.2, 0.25) is 0 Å². The van der Waals surface area contributed by atoms with Crippen LogP contribution in [0.25, 0.3) is 0 Å². The lowest BCUT2D eigenvalue weighted by Crippen LogP contribution is -2.15. The molecule has 0 aliphatic heterocycles. The lowest BCUT2D eigenvalue weighted by molar-refractivity contribution is 0.754.